The lowest BCUT2D eigenvalue weighted by Gasteiger charge is -2.49. The van der Waals surface area contributed by atoms with Crippen LogP contribution in [0.2, 0.25) is 0 Å². The van der Waals surface area contributed by atoms with Gasteiger partial charge in [-0.3, -0.25) is 0 Å². The molecule has 0 saturated carbocycles. The summed E-state index contributed by atoms with van der Waals surface area (Å²) >= 11 is 0. The molecular weight excluding hydrogens is 522 g/mol. The summed E-state index contributed by atoms with van der Waals surface area (Å²) in [6.07, 6.45) is 11.1. The molecule has 3 saturated heterocycles. The van der Waals surface area contributed by atoms with Gasteiger partial charge >= 0.3 is 0 Å². The summed E-state index contributed by atoms with van der Waals surface area (Å²) in [6.45, 7) is 27.5. The van der Waals surface area contributed by atoms with Crippen LogP contribution in [0.1, 0.15) is 126 Å². The molecule has 4 heterocycles. The molecule has 42 heavy (non-hydrogen) atoms. The van der Waals surface area contributed by atoms with E-state index in [9.17, 15) is 0 Å². The lowest BCUT2D eigenvalue weighted by molar-refractivity contribution is 0.0938. The van der Waals surface area contributed by atoms with Crippen LogP contribution in [-0.2, 0) is 4.74 Å². The molecule has 0 spiro atoms. The Labute approximate surface area is 257 Å². The molecule has 0 radical (unpaired) electrons. The zero-order valence-corrected chi connectivity index (χ0v) is 28.8. The highest BCUT2D eigenvalue weighted by atomic mass is 16.5. The second-order valence-electron chi connectivity index (χ2n) is 16.5. The maximum atomic E-state index is 5.59. The van der Waals surface area contributed by atoms with Crippen molar-refractivity contribution in [1.82, 2.24) is 25.6 Å². The lowest BCUT2D eigenvalue weighted by atomic mass is 9.70. The third-order valence-corrected chi connectivity index (χ3v) is 9.72. The molecule has 1 aromatic rings. The first kappa shape index (κ1) is 33.4. The maximum Gasteiger partial charge on any atom is 0.230 e. The third kappa shape index (κ3) is 9.49. The first-order valence-electron chi connectivity index (χ1n) is 16.9. The Morgan fingerprint density at radius 2 is 1.33 bits per heavy atom. The van der Waals surface area contributed by atoms with Crippen molar-refractivity contribution in [2.45, 2.75) is 155 Å². The largest absolute Gasteiger partial charge is 0.378 e. The zero-order valence-electron chi connectivity index (χ0n) is 28.8. The average Bonchev–Trinajstić information content (AvgIpc) is 2.84. The molecule has 0 bridgehead atoms. The molecule has 8 nitrogen and oxygen atoms in total. The average molecular weight is 586 g/mol. The van der Waals surface area contributed by atoms with Crippen LogP contribution in [0, 0.1) is 18.8 Å². The van der Waals surface area contributed by atoms with Crippen LogP contribution >= 0.6 is 0 Å². The normalized spacial score (nSPS) is 24.9. The van der Waals surface area contributed by atoms with Crippen molar-refractivity contribution in [2.75, 3.05) is 42.6 Å². The van der Waals surface area contributed by atoms with E-state index in [0.29, 0.717) is 6.04 Å². The zero-order chi connectivity index (χ0) is 30.8. The quantitative estimate of drug-likeness (QED) is 0.294. The Morgan fingerprint density at radius 1 is 0.786 bits per heavy atom. The van der Waals surface area contributed by atoms with Crippen molar-refractivity contribution in [2.24, 2.45) is 11.8 Å². The number of piperidine rings is 2. The van der Waals surface area contributed by atoms with Crippen LogP contribution < -0.4 is 20.4 Å². The van der Waals surface area contributed by atoms with Gasteiger partial charge in [0.2, 0.25) is 11.9 Å². The number of aromatic nitrogens is 3. The number of nitrogens with zero attached hydrogens (tertiary/aromatic N) is 5. The van der Waals surface area contributed by atoms with Crippen molar-refractivity contribution < 1.29 is 4.74 Å². The molecule has 3 fully saturated rings. The van der Waals surface area contributed by atoms with Gasteiger partial charge in [0.25, 0.3) is 0 Å². The summed E-state index contributed by atoms with van der Waals surface area (Å²) in [5.41, 5.74) is 0.592. The molecule has 4 rings (SSSR count). The van der Waals surface area contributed by atoms with Crippen LogP contribution in [0.15, 0.2) is 0 Å². The van der Waals surface area contributed by atoms with Crippen molar-refractivity contribution in [3.05, 3.63) is 5.82 Å². The second-order valence-corrected chi connectivity index (χ2v) is 16.5. The number of unbranched alkanes of at least 4 members (excludes halogenated alkanes) is 3. The number of hydrogen-bond acceptors (Lipinski definition) is 8. The van der Waals surface area contributed by atoms with E-state index in [1.54, 1.807) is 0 Å². The highest BCUT2D eigenvalue weighted by molar-refractivity contribution is 5.41. The maximum absolute atomic E-state index is 5.59. The Morgan fingerprint density at radius 3 is 1.93 bits per heavy atom. The van der Waals surface area contributed by atoms with E-state index in [4.69, 9.17) is 19.7 Å². The van der Waals surface area contributed by atoms with E-state index in [1.807, 2.05) is 6.92 Å². The summed E-state index contributed by atoms with van der Waals surface area (Å²) in [7, 11) is 0. The van der Waals surface area contributed by atoms with Gasteiger partial charge in [-0.1, -0.05) is 32.6 Å². The summed E-state index contributed by atoms with van der Waals surface area (Å²) < 4.78 is 5.59. The van der Waals surface area contributed by atoms with E-state index in [-0.39, 0.29) is 22.2 Å². The van der Waals surface area contributed by atoms with E-state index < -0.39 is 0 Å². The molecule has 2 N–H and O–H groups in total. The molecule has 0 aromatic carbocycles. The summed E-state index contributed by atoms with van der Waals surface area (Å²) in [6, 6.07) is 0.391. The molecule has 1 aromatic heterocycles. The summed E-state index contributed by atoms with van der Waals surface area (Å²) in [5.74, 6) is 4.06. The first-order valence-corrected chi connectivity index (χ1v) is 16.9. The summed E-state index contributed by atoms with van der Waals surface area (Å²) in [4.78, 5) is 19.5. The highest BCUT2D eigenvalue weighted by Gasteiger charge is 2.41. The van der Waals surface area contributed by atoms with Gasteiger partial charge in [-0.15, -0.1) is 0 Å². The number of morpholine rings is 1. The standard InChI is InChI=1S/C34H63N7O/c1-25(27-21-31(3,4)38-32(5,6)22-27)15-13-11-12-14-16-41(28-23-33(7,8)39-34(9,10)24-28)30-36-26(2)35-29(37-30)40-17-19-42-20-18-40/h25,27-28,38-39H,11-24H2,1-10H3. The summed E-state index contributed by atoms with van der Waals surface area (Å²) in [5, 5.41) is 7.72. The molecule has 1 unspecified atom stereocenters. The minimum atomic E-state index is 0.0632. The van der Waals surface area contributed by atoms with Crippen molar-refractivity contribution in [3.63, 3.8) is 0 Å². The Hall–Kier alpha value is -1.51. The van der Waals surface area contributed by atoms with E-state index >= 15 is 0 Å². The Balaban J connectivity index is 1.38. The van der Waals surface area contributed by atoms with Gasteiger partial charge in [0.1, 0.15) is 5.82 Å². The van der Waals surface area contributed by atoms with Gasteiger partial charge < -0.3 is 25.2 Å². The smallest absolute Gasteiger partial charge is 0.230 e. The van der Waals surface area contributed by atoms with Gasteiger partial charge in [0.15, 0.2) is 0 Å². The number of ether oxygens (including phenoxy) is 1. The van der Waals surface area contributed by atoms with Crippen LogP contribution in [0.25, 0.3) is 0 Å². The number of hydrogen-bond donors (Lipinski definition) is 2. The fourth-order valence-corrected chi connectivity index (χ4v) is 8.56. The van der Waals surface area contributed by atoms with Crippen LogP contribution in [-0.4, -0.2) is 76.0 Å². The number of nitrogens with one attached hydrogen (secondary N) is 2. The number of rotatable bonds is 11. The molecule has 3 aliphatic heterocycles. The van der Waals surface area contributed by atoms with E-state index in [1.165, 1.54) is 44.9 Å². The van der Waals surface area contributed by atoms with Gasteiger partial charge in [-0.05, 0) is 106 Å². The fourth-order valence-electron chi connectivity index (χ4n) is 8.56. The molecule has 240 valence electrons. The molecule has 8 heteroatoms. The Bertz CT molecular complexity index is 985. The predicted octanol–water partition coefficient (Wildman–Crippen LogP) is 6.28. The first-order chi connectivity index (χ1) is 19.5. The van der Waals surface area contributed by atoms with Crippen molar-refractivity contribution in [3.8, 4) is 0 Å². The highest BCUT2D eigenvalue weighted by Crippen LogP contribution is 2.39. The van der Waals surface area contributed by atoms with Crippen LogP contribution in [0.5, 0.6) is 0 Å². The van der Waals surface area contributed by atoms with Crippen molar-refractivity contribution in [1.29, 1.82) is 0 Å². The van der Waals surface area contributed by atoms with Gasteiger partial charge in [-0.25, -0.2) is 0 Å². The SMILES string of the molecule is Cc1nc(N2CCOCC2)nc(N(CCCCCCC(C)C2CC(C)(C)NC(C)(C)C2)C2CC(C)(C)NC(C)(C)C2)n1. The van der Waals surface area contributed by atoms with Gasteiger partial charge in [0, 0.05) is 47.8 Å². The number of aryl methyl sites for hydroxylation is 1. The molecule has 0 amide bonds. The van der Waals surface area contributed by atoms with Crippen molar-refractivity contribution >= 4 is 11.9 Å². The fraction of sp³-hybridized carbons (Fsp3) is 0.912. The lowest BCUT2D eigenvalue weighted by Crippen LogP contribution is -2.62. The minimum Gasteiger partial charge on any atom is -0.378 e. The van der Waals surface area contributed by atoms with E-state index in [0.717, 1.165) is 75.2 Å². The topological polar surface area (TPSA) is 78.4 Å². The molecule has 0 aliphatic carbocycles. The number of anilines is 2. The van der Waals surface area contributed by atoms with Crippen LogP contribution in [0.3, 0.4) is 0 Å². The van der Waals surface area contributed by atoms with Gasteiger partial charge in [-0.2, -0.15) is 15.0 Å². The molecular formula is C34H63N7O. The third-order valence-electron chi connectivity index (χ3n) is 9.72. The molecule has 1 atom stereocenters. The Kier molecular flexibility index (Phi) is 10.5. The molecule has 3 aliphatic rings. The second kappa shape index (κ2) is 13.2. The van der Waals surface area contributed by atoms with Gasteiger partial charge in [0.05, 0.1) is 13.2 Å². The van der Waals surface area contributed by atoms with E-state index in [2.05, 4.69) is 82.7 Å². The monoisotopic (exact) mass is 586 g/mol. The predicted molar refractivity (Wildman–Crippen MR) is 176 cm³/mol. The minimum absolute atomic E-state index is 0.0632. The van der Waals surface area contributed by atoms with Crippen LogP contribution in [0.4, 0.5) is 11.9 Å².